The van der Waals surface area contributed by atoms with E-state index >= 15 is 0 Å². The molecule has 0 spiro atoms. The van der Waals surface area contributed by atoms with Crippen LogP contribution >= 0.6 is 15.9 Å². The van der Waals surface area contributed by atoms with Crippen molar-refractivity contribution in [2.24, 2.45) is 0 Å². The number of pyridine rings is 1. The molecule has 0 bridgehead atoms. The van der Waals surface area contributed by atoms with Crippen LogP contribution in [-0.4, -0.2) is 31.8 Å². The summed E-state index contributed by atoms with van der Waals surface area (Å²) in [5.41, 5.74) is 0.608. The molecule has 6 nitrogen and oxygen atoms in total. The maximum Gasteiger partial charge on any atom is 0.357 e. The van der Waals surface area contributed by atoms with Crippen molar-refractivity contribution >= 4 is 33.4 Å². The Hall–Kier alpha value is -1.89. The van der Waals surface area contributed by atoms with Gasteiger partial charge in [0.25, 0.3) is 0 Å². The third-order valence-corrected chi connectivity index (χ3v) is 3.74. The second-order valence-corrected chi connectivity index (χ2v) is 5.33. The molecule has 2 aromatic heterocycles. The van der Waals surface area contributed by atoms with E-state index in [1.165, 1.54) is 4.52 Å². The molecule has 0 atom stereocenters. The van der Waals surface area contributed by atoms with Crippen molar-refractivity contribution in [1.82, 2.24) is 9.61 Å². The standard InChI is InChI=1S/C12H9BrN2O4/c13-8-4-6(5-1-2-5)3-7-9(11(16)17)10(12(18)19)14-15(7)8/h3-5H,1-2H2,(H,16,17)(H,18,19). The third-order valence-electron chi connectivity index (χ3n) is 3.18. The third kappa shape index (κ3) is 1.90. The van der Waals surface area contributed by atoms with Gasteiger partial charge in [-0.25, -0.2) is 14.1 Å². The normalized spacial score (nSPS) is 14.8. The van der Waals surface area contributed by atoms with Gasteiger partial charge in [0.1, 0.15) is 10.2 Å². The van der Waals surface area contributed by atoms with Crippen LogP contribution in [0.4, 0.5) is 0 Å². The summed E-state index contributed by atoms with van der Waals surface area (Å²) >= 11 is 3.30. The first-order valence-corrected chi connectivity index (χ1v) is 6.47. The first-order valence-electron chi connectivity index (χ1n) is 5.68. The molecule has 1 fully saturated rings. The van der Waals surface area contributed by atoms with Gasteiger partial charge in [-0.2, -0.15) is 5.10 Å². The van der Waals surface area contributed by atoms with Gasteiger partial charge in [-0.3, -0.25) is 0 Å². The second-order valence-electron chi connectivity index (χ2n) is 4.52. The fraction of sp³-hybridized carbons (Fsp3) is 0.250. The Morgan fingerprint density at radius 3 is 2.47 bits per heavy atom. The van der Waals surface area contributed by atoms with Crippen molar-refractivity contribution in [3.05, 3.63) is 33.6 Å². The number of carboxylic acids is 2. The van der Waals surface area contributed by atoms with Crippen molar-refractivity contribution in [2.75, 3.05) is 0 Å². The van der Waals surface area contributed by atoms with Crippen molar-refractivity contribution in [1.29, 1.82) is 0 Å². The number of fused-ring (bicyclic) bond motifs is 1. The Bertz CT molecular complexity index is 718. The molecule has 7 heteroatoms. The predicted molar refractivity (Wildman–Crippen MR) is 68.8 cm³/mol. The van der Waals surface area contributed by atoms with E-state index in [2.05, 4.69) is 21.0 Å². The van der Waals surface area contributed by atoms with Crippen LogP contribution in [0.25, 0.3) is 5.52 Å². The van der Waals surface area contributed by atoms with E-state index in [4.69, 9.17) is 5.11 Å². The van der Waals surface area contributed by atoms with Crippen LogP contribution in [0.3, 0.4) is 0 Å². The molecule has 2 N–H and O–H groups in total. The molecule has 0 unspecified atom stereocenters. The zero-order valence-electron chi connectivity index (χ0n) is 9.63. The van der Waals surface area contributed by atoms with E-state index in [1.54, 1.807) is 6.07 Å². The minimum Gasteiger partial charge on any atom is -0.478 e. The van der Waals surface area contributed by atoms with Gasteiger partial charge in [-0.05, 0) is 52.4 Å². The van der Waals surface area contributed by atoms with Crippen molar-refractivity contribution < 1.29 is 19.8 Å². The molecule has 1 saturated carbocycles. The zero-order valence-corrected chi connectivity index (χ0v) is 11.2. The zero-order chi connectivity index (χ0) is 13.7. The fourth-order valence-electron chi connectivity index (χ4n) is 2.14. The lowest BCUT2D eigenvalue weighted by Crippen LogP contribution is -2.06. The summed E-state index contributed by atoms with van der Waals surface area (Å²) in [6, 6.07) is 3.57. The smallest absolute Gasteiger partial charge is 0.357 e. The van der Waals surface area contributed by atoms with Gasteiger partial charge >= 0.3 is 11.9 Å². The van der Waals surface area contributed by atoms with Gasteiger partial charge in [-0.15, -0.1) is 0 Å². The summed E-state index contributed by atoms with van der Waals surface area (Å²) in [4.78, 5) is 22.4. The number of halogens is 1. The molecular weight excluding hydrogens is 316 g/mol. The average molecular weight is 325 g/mol. The molecule has 1 aliphatic carbocycles. The number of carbonyl (C=O) groups is 2. The number of aromatic carboxylic acids is 2. The number of hydrogen-bond donors (Lipinski definition) is 2. The summed E-state index contributed by atoms with van der Waals surface area (Å²) < 4.78 is 1.86. The Morgan fingerprint density at radius 2 is 1.95 bits per heavy atom. The minimum atomic E-state index is -1.35. The molecular formula is C12H9BrN2O4. The quantitative estimate of drug-likeness (QED) is 0.845. The van der Waals surface area contributed by atoms with Crippen LogP contribution in [0.2, 0.25) is 0 Å². The van der Waals surface area contributed by atoms with Gasteiger partial charge in [0.15, 0.2) is 5.69 Å². The van der Waals surface area contributed by atoms with Crippen LogP contribution in [0, 0.1) is 0 Å². The molecule has 3 rings (SSSR count). The van der Waals surface area contributed by atoms with Gasteiger partial charge in [0.2, 0.25) is 0 Å². The molecule has 2 heterocycles. The molecule has 2 aromatic rings. The highest BCUT2D eigenvalue weighted by Gasteiger charge is 2.29. The number of carboxylic acid groups (broad SMARTS) is 2. The molecule has 0 saturated heterocycles. The van der Waals surface area contributed by atoms with E-state index in [-0.39, 0.29) is 5.56 Å². The lowest BCUT2D eigenvalue weighted by Gasteiger charge is -2.03. The van der Waals surface area contributed by atoms with Gasteiger partial charge in [-0.1, -0.05) is 0 Å². The Kier molecular flexibility index (Phi) is 2.60. The van der Waals surface area contributed by atoms with E-state index < -0.39 is 17.6 Å². The monoisotopic (exact) mass is 324 g/mol. The SMILES string of the molecule is O=C(O)c1nn2c(Br)cc(C3CC3)cc2c1C(=O)O. The fourth-order valence-corrected chi connectivity index (χ4v) is 2.67. The summed E-state index contributed by atoms with van der Waals surface area (Å²) in [6.07, 6.45) is 2.15. The van der Waals surface area contributed by atoms with E-state index in [1.807, 2.05) is 6.07 Å². The summed E-state index contributed by atoms with van der Waals surface area (Å²) in [5.74, 6) is -2.20. The molecule has 0 aromatic carbocycles. The van der Waals surface area contributed by atoms with E-state index in [9.17, 15) is 14.7 Å². The highest BCUT2D eigenvalue weighted by molar-refractivity contribution is 9.10. The van der Waals surface area contributed by atoms with Crippen molar-refractivity contribution in [2.45, 2.75) is 18.8 Å². The van der Waals surface area contributed by atoms with Crippen LogP contribution in [0.5, 0.6) is 0 Å². The molecule has 0 radical (unpaired) electrons. The predicted octanol–water partition coefficient (Wildman–Crippen LogP) is 2.37. The van der Waals surface area contributed by atoms with Crippen molar-refractivity contribution in [3.8, 4) is 0 Å². The van der Waals surface area contributed by atoms with Crippen LogP contribution in [-0.2, 0) is 0 Å². The minimum absolute atomic E-state index is 0.268. The molecule has 1 aliphatic rings. The lowest BCUT2D eigenvalue weighted by molar-refractivity contribution is 0.0649. The van der Waals surface area contributed by atoms with Crippen LogP contribution in [0.15, 0.2) is 16.7 Å². The number of aromatic nitrogens is 2. The molecule has 0 aliphatic heterocycles. The average Bonchev–Trinajstić information content (AvgIpc) is 3.08. The molecule has 98 valence electrons. The van der Waals surface area contributed by atoms with Crippen LogP contribution in [0.1, 0.15) is 45.2 Å². The van der Waals surface area contributed by atoms with Crippen molar-refractivity contribution in [3.63, 3.8) is 0 Å². The highest BCUT2D eigenvalue weighted by Crippen LogP contribution is 2.41. The first-order chi connectivity index (χ1) is 8.99. The molecule has 0 amide bonds. The van der Waals surface area contributed by atoms with E-state index in [0.717, 1.165) is 18.4 Å². The Balaban J connectivity index is 2.35. The topological polar surface area (TPSA) is 91.9 Å². The Labute approximate surface area is 115 Å². The molecule has 19 heavy (non-hydrogen) atoms. The lowest BCUT2D eigenvalue weighted by atomic mass is 10.1. The van der Waals surface area contributed by atoms with Crippen LogP contribution < -0.4 is 0 Å². The highest BCUT2D eigenvalue weighted by atomic mass is 79.9. The Morgan fingerprint density at radius 1 is 1.26 bits per heavy atom. The first kappa shape index (κ1) is 12.2. The van der Waals surface area contributed by atoms with Gasteiger partial charge in [0, 0.05) is 0 Å². The summed E-state index contributed by atoms with van der Waals surface area (Å²) in [7, 11) is 0. The van der Waals surface area contributed by atoms with Gasteiger partial charge in [0.05, 0.1) is 5.52 Å². The summed E-state index contributed by atoms with van der Waals surface area (Å²) in [5, 5.41) is 22.1. The van der Waals surface area contributed by atoms with Gasteiger partial charge < -0.3 is 10.2 Å². The summed E-state index contributed by atoms with van der Waals surface area (Å²) in [6.45, 7) is 0. The maximum atomic E-state index is 11.3. The van der Waals surface area contributed by atoms with E-state index in [0.29, 0.717) is 16.0 Å². The maximum absolute atomic E-state index is 11.3. The number of nitrogens with zero attached hydrogens (tertiary/aromatic N) is 2. The largest absolute Gasteiger partial charge is 0.478 e. The second kappa shape index (κ2) is 4.06. The number of hydrogen-bond acceptors (Lipinski definition) is 3. The number of rotatable bonds is 3.